The zero-order valence-electron chi connectivity index (χ0n) is 8.47. The van der Waals surface area contributed by atoms with E-state index in [-0.39, 0.29) is 6.54 Å². The Kier molecular flexibility index (Phi) is 3.81. The highest BCUT2D eigenvalue weighted by molar-refractivity contribution is 5.79. The van der Waals surface area contributed by atoms with Gasteiger partial charge in [0.15, 0.2) is 0 Å². The fourth-order valence-corrected chi connectivity index (χ4v) is 1.14. The molecule has 0 saturated heterocycles. The molecule has 82 valence electrons. The Balaban J connectivity index is 2.85. The second-order valence-corrected chi connectivity index (χ2v) is 2.89. The number of hydrogen-bond donors (Lipinski definition) is 3. The SMILES string of the molecule is CCN(CC(N)=O)c1cc(NN)ncn1. The Hall–Kier alpha value is -1.89. The Bertz CT molecular complexity index is 342. The van der Waals surface area contributed by atoms with E-state index in [0.29, 0.717) is 18.2 Å². The van der Waals surface area contributed by atoms with Crippen LogP contribution in [0.4, 0.5) is 11.6 Å². The standard InChI is InChI=1S/C8H14N6O/c1-2-14(4-6(9)15)8-3-7(13-10)11-5-12-8/h3,5H,2,4,10H2,1H3,(H2,9,15)(H,11,12,13). The van der Waals surface area contributed by atoms with Gasteiger partial charge < -0.3 is 16.1 Å². The molecule has 0 aliphatic rings. The van der Waals surface area contributed by atoms with Crippen LogP contribution < -0.4 is 21.9 Å². The number of carbonyl (C=O) groups is 1. The minimum absolute atomic E-state index is 0.123. The number of anilines is 2. The molecule has 0 radical (unpaired) electrons. The van der Waals surface area contributed by atoms with E-state index >= 15 is 0 Å². The fraction of sp³-hybridized carbons (Fsp3) is 0.375. The van der Waals surface area contributed by atoms with Crippen LogP contribution in [-0.4, -0.2) is 29.0 Å². The van der Waals surface area contributed by atoms with Crippen molar-refractivity contribution in [2.24, 2.45) is 11.6 Å². The molecule has 0 aliphatic heterocycles. The number of nitrogen functional groups attached to an aromatic ring is 1. The van der Waals surface area contributed by atoms with Crippen LogP contribution >= 0.6 is 0 Å². The van der Waals surface area contributed by atoms with E-state index in [0.717, 1.165) is 0 Å². The molecule has 0 unspecified atom stereocenters. The zero-order chi connectivity index (χ0) is 11.3. The second kappa shape index (κ2) is 5.11. The summed E-state index contributed by atoms with van der Waals surface area (Å²) in [5.74, 6) is 5.91. The molecule has 15 heavy (non-hydrogen) atoms. The van der Waals surface area contributed by atoms with Crippen molar-refractivity contribution in [3.63, 3.8) is 0 Å². The molecule has 0 bridgehead atoms. The van der Waals surface area contributed by atoms with Gasteiger partial charge in [0, 0.05) is 12.6 Å². The number of hydrazine groups is 1. The van der Waals surface area contributed by atoms with Crippen LogP contribution in [0.5, 0.6) is 0 Å². The van der Waals surface area contributed by atoms with Gasteiger partial charge in [0.25, 0.3) is 0 Å². The third kappa shape index (κ3) is 3.06. The maximum atomic E-state index is 10.8. The molecule has 0 aliphatic carbocycles. The summed E-state index contributed by atoms with van der Waals surface area (Å²) in [6.45, 7) is 2.65. The van der Waals surface area contributed by atoms with Crippen LogP contribution in [0.1, 0.15) is 6.92 Å². The first-order chi connectivity index (χ1) is 7.17. The number of amides is 1. The predicted octanol–water partition coefficient (Wildman–Crippen LogP) is -0.926. The van der Waals surface area contributed by atoms with Crippen LogP contribution in [0.3, 0.4) is 0 Å². The smallest absolute Gasteiger partial charge is 0.236 e. The van der Waals surface area contributed by atoms with Crippen molar-refractivity contribution < 1.29 is 4.79 Å². The summed E-state index contributed by atoms with van der Waals surface area (Å²) in [7, 11) is 0. The summed E-state index contributed by atoms with van der Waals surface area (Å²) < 4.78 is 0. The van der Waals surface area contributed by atoms with Gasteiger partial charge in [-0.15, -0.1) is 0 Å². The van der Waals surface area contributed by atoms with Crippen LogP contribution in [0.15, 0.2) is 12.4 Å². The first kappa shape index (κ1) is 11.2. The van der Waals surface area contributed by atoms with Gasteiger partial charge in [-0.25, -0.2) is 15.8 Å². The number of carbonyl (C=O) groups excluding carboxylic acids is 1. The van der Waals surface area contributed by atoms with Crippen LogP contribution in [0, 0.1) is 0 Å². The average molecular weight is 210 g/mol. The predicted molar refractivity (Wildman–Crippen MR) is 56.9 cm³/mol. The molecular formula is C8H14N6O. The third-order valence-electron chi connectivity index (χ3n) is 1.85. The van der Waals surface area contributed by atoms with Crippen LogP contribution in [-0.2, 0) is 4.79 Å². The normalized spacial score (nSPS) is 9.73. The summed E-state index contributed by atoms with van der Waals surface area (Å²) in [5, 5.41) is 0. The monoisotopic (exact) mass is 210 g/mol. The van der Waals surface area contributed by atoms with Gasteiger partial charge in [0.2, 0.25) is 5.91 Å². The number of rotatable bonds is 5. The fourth-order valence-electron chi connectivity index (χ4n) is 1.14. The third-order valence-corrected chi connectivity index (χ3v) is 1.85. The molecule has 0 fully saturated rings. The highest BCUT2D eigenvalue weighted by atomic mass is 16.1. The number of nitrogens with two attached hydrogens (primary N) is 2. The molecular weight excluding hydrogens is 196 g/mol. The molecule has 5 N–H and O–H groups in total. The zero-order valence-corrected chi connectivity index (χ0v) is 8.47. The highest BCUT2D eigenvalue weighted by Gasteiger charge is 2.09. The summed E-state index contributed by atoms with van der Waals surface area (Å²) in [6.07, 6.45) is 1.37. The summed E-state index contributed by atoms with van der Waals surface area (Å²) >= 11 is 0. The van der Waals surface area contributed by atoms with E-state index in [2.05, 4.69) is 15.4 Å². The minimum Gasteiger partial charge on any atom is -0.368 e. The molecule has 1 aromatic heterocycles. The number of nitrogens with one attached hydrogen (secondary N) is 1. The molecule has 0 atom stereocenters. The molecule has 1 heterocycles. The lowest BCUT2D eigenvalue weighted by atomic mass is 10.4. The van der Waals surface area contributed by atoms with E-state index in [4.69, 9.17) is 11.6 Å². The summed E-state index contributed by atoms with van der Waals surface area (Å²) in [5.41, 5.74) is 7.52. The molecule has 0 aromatic carbocycles. The number of aromatic nitrogens is 2. The highest BCUT2D eigenvalue weighted by Crippen LogP contribution is 2.12. The van der Waals surface area contributed by atoms with E-state index in [1.54, 1.807) is 11.0 Å². The quantitative estimate of drug-likeness (QED) is 0.428. The number of hydrogen-bond acceptors (Lipinski definition) is 6. The average Bonchev–Trinajstić information content (AvgIpc) is 2.25. The number of likely N-dealkylation sites (N-methyl/N-ethyl adjacent to an activating group) is 1. The van der Waals surface area contributed by atoms with E-state index in [1.165, 1.54) is 6.33 Å². The first-order valence-corrected chi connectivity index (χ1v) is 4.49. The van der Waals surface area contributed by atoms with Gasteiger partial charge in [0.05, 0.1) is 6.54 Å². The van der Waals surface area contributed by atoms with Crippen molar-refractivity contribution in [1.82, 2.24) is 9.97 Å². The molecule has 7 nitrogen and oxygen atoms in total. The number of primary amides is 1. The van der Waals surface area contributed by atoms with Crippen molar-refractivity contribution in [2.45, 2.75) is 6.92 Å². The van der Waals surface area contributed by atoms with E-state index in [1.807, 2.05) is 6.92 Å². The van der Waals surface area contributed by atoms with Gasteiger partial charge in [0.1, 0.15) is 18.0 Å². The largest absolute Gasteiger partial charge is 0.368 e. The Morgan fingerprint density at radius 3 is 2.87 bits per heavy atom. The first-order valence-electron chi connectivity index (χ1n) is 4.49. The Morgan fingerprint density at radius 2 is 2.33 bits per heavy atom. The van der Waals surface area contributed by atoms with Gasteiger partial charge in [-0.2, -0.15) is 0 Å². The van der Waals surface area contributed by atoms with Gasteiger partial charge in [-0.3, -0.25) is 4.79 Å². The maximum absolute atomic E-state index is 10.8. The molecule has 1 amide bonds. The van der Waals surface area contributed by atoms with Crippen LogP contribution in [0.25, 0.3) is 0 Å². The maximum Gasteiger partial charge on any atom is 0.236 e. The lowest BCUT2D eigenvalue weighted by molar-refractivity contribution is -0.116. The molecule has 0 saturated carbocycles. The van der Waals surface area contributed by atoms with Gasteiger partial charge in [-0.1, -0.05) is 0 Å². The lowest BCUT2D eigenvalue weighted by Gasteiger charge is -2.19. The molecule has 1 rings (SSSR count). The molecule has 1 aromatic rings. The van der Waals surface area contributed by atoms with Gasteiger partial charge in [-0.05, 0) is 6.92 Å². The summed E-state index contributed by atoms with van der Waals surface area (Å²) in [4.78, 5) is 20.4. The Labute approximate surface area is 87.5 Å². The van der Waals surface area contributed by atoms with Gasteiger partial charge >= 0.3 is 0 Å². The Morgan fingerprint density at radius 1 is 1.60 bits per heavy atom. The number of nitrogens with zero attached hydrogens (tertiary/aromatic N) is 3. The topological polar surface area (TPSA) is 110 Å². The lowest BCUT2D eigenvalue weighted by Crippen LogP contribution is -2.34. The minimum atomic E-state index is -0.405. The van der Waals surface area contributed by atoms with Crippen molar-refractivity contribution in [1.29, 1.82) is 0 Å². The van der Waals surface area contributed by atoms with Crippen molar-refractivity contribution in [3.05, 3.63) is 12.4 Å². The molecule has 7 heteroatoms. The van der Waals surface area contributed by atoms with Crippen molar-refractivity contribution in [2.75, 3.05) is 23.4 Å². The van der Waals surface area contributed by atoms with E-state index < -0.39 is 5.91 Å². The summed E-state index contributed by atoms with van der Waals surface area (Å²) in [6, 6.07) is 1.65. The second-order valence-electron chi connectivity index (χ2n) is 2.89. The van der Waals surface area contributed by atoms with Crippen molar-refractivity contribution >= 4 is 17.5 Å². The molecule has 0 spiro atoms. The van der Waals surface area contributed by atoms with Crippen LogP contribution in [0.2, 0.25) is 0 Å². The van der Waals surface area contributed by atoms with E-state index in [9.17, 15) is 4.79 Å². The van der Waals surface area contributed by atoms with Crippen molar-refractivity contribution in [3.8, 4) is 0 Å².